The lowest BCUT2D eigenvalue weighted by atomic mass is 10.00. The molecule has 0 rings (SSSR count). The van der Waals surface area contributed by atoms with E-state index in [1.807, 2.05) is 0 Å². The van der Waals surface area contributed by atoms with Crippen LogP contribution in [0.15, 0.2) is 4.99 Å². The van der Waals surface area contributed by atoms with Crippen molar-refractivity contribution in [2.24, 2.45) is 22.4 Å². The lowest BCUT2D eigenvalue weighted by molar-refractivity contribution is 0.588. The normalized spacial score (nSPS) is 14.8. The molecule has 0 aromatic rings. The van der Waals surface area contributed by atoms with Gasteiger partial charge in [-0.3, -0.25) is 4.99 Å². The van der Waals surface area contributed by atoms with Crippen LogP contribution in [0.1, 0.15) is 33.1 Å². The van der Waals surface area contributed by atoms with E-state index in [9.17, 15) is 0 Å². The zero-order valence-corrected chi connectivity index (χ0v) is 8.21. The van der Waals surface area contributed by atoms with E-state index in [2.05, 4.69) is 18.8 Å². The van der Waals surface area contributed by atoms with E-state index in [1.165, 1.54) is 0 Å². The van der Waals surface area contributed by atoms with Crippen molar-refractivity contribution in [3.05, 3.63) is 0 Å². The summed E-state index contributed by atoms with van der Waals surface area (Å²) in [6.07, 6.45) is 3.38. The summed E-state index contributed by atoms with van der Waals surface area (Å²) < 4.78 is 0. The fraction of sp³-hybridized carbons (Fsp3) is 0.889. The summed E-state index contributed by atoms with van der Waals surface area (Å²) in [5.74, 6) is 1.24. The Morgan fingerprint density at radius 2 is 2.08 bits per heavy atom. The number of nitrogens with two attached hydrogens (primary N) is 2. The van der Waals surface area contributed by atoms with Crippen molar-refractivity contribution in [2.75, 3.05) is 13.1 Å². The van der Waals surface area contributed by atoms with Gasteiger partial charge >= 0.3 is 0 Å². The van der Waals surface area contributed by atoms with Crippen LogP contribution in [-0.4, -0.2) is 18.9 Å². The first kappa shape index (κ1) is 11.4. The van der Waals surface area contributed by atoms with Crippen molar-refractivity contribution in [1.82, 2.24) is 0 Å². The van der Waals surface area contributed by atoms with Gasteiger partial charge < -0.3 is 11.5 Å². The van der Waals surface area contributed by atoms with Gasteiger partial charge in [-0.1, -0.05) is 20.3 Å². The van der Waals surface area contributed by atoms with E-state index >= 15 is 0 Å². The second-order valence-corrected chi connectivity index (χ2v) is 2.99. The van der Waals surface area contributed by atoms with Crippen LogP contribution in [0.2, 0.25) is 0 Å². The fourth-order valence-corrected chi connectivity index (χ4v) is 1.23. The Labute approximate surface area is 75.2 Å². The lowest BCUT2D eigenvalue weighted by Crippen LogP contribution is -2.24. The van der Waals surface area contributed by atoms with Gasteiger partial charge in [-0.25, -0.2) is 0 Å². The number of nitrogens with zero attached hydrogens (tertiary/aromatic N) is 1. The van der Waals surface area contributed by atoms with Crippen LogP contribution in [0.5, 0.6) is 0 Å². The molecule has 1 atom stereocenters. The van der Waals surface area contributed by atoms with E-state index in [0.29, 0.717) is 19.0 Å². The summed E-state index contributed by atoms with van der Waals surface area (Å²) >= 11 is 0. The number of hydrogen-bond acceptors (Lipinski definition) is 2. The molecular formula is C9H21N3. The van der Waals surface area contributed by atoms with Crippen LogP contribution in [0.25, 0.3) is 0 Å². The van der Waals surface area contributed by atoms with Gasteiger partial charge in [0.25, 0.3) is 0 Å². The summed E-state index contributed by atoms with van der Waals surface area (Å²) in [4.78, 5) is 4.20. The predicted molar refractivity (Wildman–Crippen MR) is 54.2 cm³/mol. The first-order valence-corrected chi connectivity index (χ1v) is 4.76. The molecule has 0 aliphatic heterocycles. The maximum atomic E-state index is 5.80. The molecule has 0 saturated heterocycles. The molecule has 0 radical (unpaired) electrons. The van der Waals surface area contributed by atoms with Crippen molar-refractivity contribution in [2.45, 2.75) is 33.1 Å². The fourth-order valence-electron chi connectivity index (χ4n) is 1.23. The summed E-state index contributed by atoms with van der Waals surface area (Å²) in [6.45, 7) is 5.55. The van der Waals surface area contributed by atoms with Gasteiger partial charge in [0.05, 0.1) is 12.4 Å². The van der Waals surface area contributed by atoms with Gasteiger partial charge in [0.1, 0.15) is 0 Å². The average molecular weight is 171 g/mol. The topological polar surface area (TPSA) is 64.4 Å². The third kappa shape index (κ3) is 4.34. The molecule has 0 saturated carbocycles. The minimum atomic E-state index is 0.460. The van der Waals surface area contributed by atoms with Gasteiger partial charge in [0.2, 0.25) is 0 Å². The maximum Gasteiger partial charge on any atom is 0.0968 e. The lowest BCUT2D eigenvalue weighted by Gasteiger charge is -2.12. The first-order valence-electron chi connectivity index (χ1n) is 4.76. The molecule has 0 aliphatic rings. The van der Waals surface area contributed by atoms with Crippen LogP contribution in [-0.2, 0) is 0 Å². The molecular weight excluding hydrogens is 150 g/mol. The highest BCUT2D eigenvalue weighted by Gasteiger charge is 2.08. The van der Waals surface area contributed by atoms with Gasteiger partial charge in [0.15, 0.2) is 0 Å². The van der Waals surface area contributed by atoms with E-state index in [4.69, 9.17) is 11.5 Å². The van der Waals surface area contributed by atoms with Crippen LogP contribution >= 0.6 is 0 Å². The number of rotatable bonds is 6. The molecule has 3 nitrogen and oxygen atoms in total. The van der Waals surface area contributed by atoms with Crippen molar-refractivity contribution in [3.63, 3.8) is 0 Å². The molecule has 4 N–H and O–H groups in total. The Morgan fingerprint density at radius 3 is 2.50 bits per heavy atom. The van der Waals surface area contributed by atoms with Crippen molar-refractivity contribution < 1.29 is 0 Å². The zero-order chi connectivity index (χ0) is 9.40. The predicted octanol–water partition coefficient (Wildman–Crippen LogP) is 1.13. The van der Waals surface area contributed by atoms with Gasteiger partial charge in [-0.2, -0.15) is 0 Å². The molecule has 0 heterocycles. The number of aliphatic imine (C=N–C) groups is 1. The first-order chi connectivity index (χ1) is 5.76. The second kappa shape index (κ2) is 7.10. The molecule has 0 aromatic heterocycles. The van der Waals surface area contributed by atoms with E-state index in [0.717, 1.165) is 25.1 Å². The third-order valence-corrected chi connectivity index (χ3v) is 1.97. The van der Waals surface area contributed by atoms with Gasteiger partial charge in [-0.15, -0.1) is 0 Å². The number of hydrogen-bond donors (Lipinski definition) is 2. The largest absolute Gasteiger partial charge is 0.387 e. The monoisotopic (exact) mass is 171 g/mol. The Morgan fingerprint density at radius 1 is 1.42 bits per heavy atom. The average Bonchev–Trinajstić information content (AvgIpc) is 2.10. The standard InChI is InChI=1S/C9H21N3/c1-3-5-8(4-2)9(11)12-7-6-10/h8H,3-7,10H2,1-2H3,(H2,11,12). The maximum absolute atomic E-state index is 5.80. The Balaban J connectivity index is 3.91. The van der Waals surface area contributed by atoms with E-state index < -0.39 is 0 Å². The Hall–Kier alpha value is -0.570. The quantitative estimate of drug-likeness (QED) is 0.465. The van der Waals surface area contributed by atoms with E-state index in [1.54, 1.807) is 0 Å². The van der Waals surface area contributed by atoms with Gasteiger partial charge in [-0.05, 0) is 12.8 Å². The third-order valence-electron chi connectivity index (χ3n) is 1.97. The molecule has 0 spiro atoms. The molecule has 3 heteroatoms. The number of amidine groups is 1. The molecule has 0 aliphatic carbocycles. The SMILES string of the molecule is CCCC(CC)C(N)=NCCN. The zero-order valence-electron chi connectivity index (χ0n) is 8.21. The van der Waals surface area contributed by atoms with Crippen molar-refractivity contribution >= 4 is 5.84 Å². The Bertz CT molecular complexity index is 132. The highest BCUT2D eigenvalue weighted by Crippen LogP contribution is 2.10. The van der Waals surface area contributed by atoms with Gasteiger partial charge in [0, 0.05) is 12.5 Å². The molecule has 0 fully saturated rings. The van der Waals surface area contributed by atoms with E-state index in [-0.39, 0.29) is 0 Å². The summed E-state index contributed by atoms with van der Waals surface area (Å²) in [6, 6.07) is 0. The highest BCUT2D eigenvalue weighted by molar-refractivity contribution is 5.82. The van der Waals surface area contributed by atoms with Crippen LogP contribution < -0.4 is 11.5 Å². The molecule has 0 bridgehead atoms. The minimum Gasteiger partial charge on any atom is -0.387 e. The Kier molecular flexibility index (Phi) is 6.76. The molecule has 0 amide bonds. The van der Waals surface area contributed by atoms with Crippen molar-refractivity contribution in [1.29, 1.82) is 0 Å². The highest BCUT2D eigenvalue weighted by atomic mass is 14.9. The molecule has 0 aromatic carbocycles. The van der Waals surface area contributed by atoms with Crippen LogP contribution in [0.3, 0.4) is 0 Å². The van der Waals surface area contributed by atoms with Crippen LogP contribution in [0, 0.1) is 5.92 Å². The minimum absolute atomic E-state index is 0.460. The van der Waals surface area contributed by atoms with Crippen LogP contribution in [0.4, 0.5) is 0 Å². The summed E-state index contributed by atoms with van der Waals surface area (Å²) in [7, 11) is 0. The summed E-state index contributed by atoms with van der Waals surface area (Å²) in [5.41, 5.74) is 11.1. The smallest absolute Gasteiger partial charge is 0.0968 e. The molecule has 72 valence electrons. The summed E-state index contributed by atoms with van der Waals surface area (Å²) in [5, 5.41) is 0. The second-order valence-electron chi connectivity index (χ2n) is 2.99. The molecule has 1 unspecified atom stereocenters. The molecule has 12 heavy (non-hydrogen) atoms. The van der Waals surface area contributed by atoms with Crippen molar-refractivity contribution in [3.8, 4) is 0 Å².